The molecule has 0 aliphatic rings. The normalized spacial score (nSPS) is 9.54. The number of aromatic carboxylic acids is 1. The topological polar surface area (TPSA) is 68.8 Å². The number of nitrogens with one attached hydrogen (secondary N) is 1. The molecule has 0 unspecified atom stereocenters. The fourth-order valence-electron chi connectivity index (χ4n) is 1.14. The predicted octanol–water partition coefficient (Wildman–Crippen LogP) is -3.07. The van der Waals surface area contributed by atoms with E-state index in [1.807, 2.05) is 0 Å². The quantitative estimate of drug-likeness (QED) is 0.497. The summed E-state index contributed by atoms with van der Waals surface area (Å²) in [4.78, 5) is 17.2. The molecule has 0 spiro atoms. The van der Waals surface area contributed by atoms with Gasteiger partial charge in [-0.1, -0.05) is 12.1 Å². The van der Waals surface area contributed by atoms with Crippen LogP contribution in [0.15, 0.2) is 24.5 Å². The van der Waals surface area contributed by atoms with Gasteiger partial charge in [-0.15, -0.1) is 0 Å². The summed E-state index contributed by atoms with van der Waals surface area (Å²) in [7, 11) is 0. The van der Waals surface area contributed by atoms with Crippen LogP contribution in [0.3, 0.4) is 0 Å². The zero-order chi connectivity index (χ0) is 8.55. The van der Waals surface area contributed by atoms with Gasteiger partial charge in [0.2, 0.25) is 0 Å². The second-order valence-electron chi connectivity index (χ2n) is 2.39. The summed E-state index contributed by atoms with van der Waals surface area (Å²) in [5, 5.41) is 10.6. The van der Waals surface area contributed by atoms with Crippen molar-refractivity contribution in [1.82, 2.24) is 9.97 Å². The van der Waals surface area contributed by atoms with Crippen LogP contribution >= 0.6 is 0 Å². The van der Waals surface area contributed by atoms with E-state index in [1.54, 1.807) is 12.1 Å². The number of carbonyl (C=O) groups is 1. The van der Waals surface area contributed by atoms with Gasteiger partial charge in [0.15, 0.2) is 0 Å². The first kappa shape index (κ1) is 10.9. The van der Waals surface area contributed by atoms with E-state index < -0.39 is 5.97 Å². The third-order valence-electron chi connectivity index (χ3n) is 1.67. The number of imidazole rings is 1. The van der Waals surface area contributed by atoms with Crippen LogP contribution in [0.25, 0.3) is 11.0 Å². The molecule has 2 aromatic rings. The Kier molecular flexibility index (Phi) is 3.63. The molecule has 13 heavy (non-hydrogen) atoms. The number of carboxylic acids is 1. The molecule has 1 aromatic heterocycles. The molecule has 0 atom stereocenters. The Balaban J connectivity index is 0.000000845. The molecule has 2 rings (SSSR count). The first-order valence-electron chi connectivity index (χ1n) is 3.42. The third kappa shape index (κ3) is 2.00. The molecule has 1 aromatic carbocycles. The SMILES string of the molecule is O=C([O-])c1cccc2nc[nH]c12.[K+]. The van der Waals surface area contributed by atoms with Gasteiger partial charge >= 0.3 is 51.4 Å². The van der Waals surface area contributed by atoms with E-state index in [9.17, 15) is 9.90 Å². The van der Waals surface area contributed by atoms with Gasteiger partial charge in [-0.2, -0.15) is 0 Å². The van der Waals surface area contributed by atoms with E-state index in [4.69, 9.17) is 0 Å². The van der Waals surface area contributed by atoms with Crippen LogP contribution in [0, 0.1) is 0 Å². The average Bonchev–Trinajstić information content (AvgIpc) is 2.49. The van der Waals surface area contributed by atoms with Crippen LogP contribution in [0.1, 0.15) is 10.4 Å². The standard InChI is InChI=1S/C8H6N2O2.K/c11-8(12)5-2-1-3-6-7(5)10-4-9-6;/h1-4H,(H,9,10)(H,11,12);/q;+1/p-1. The zero-order valence-corrected chi connectivity index (χ0v) is 10.2. The molecule has 5 heteroatoms. The first-order valence-corrected chi connectivity index (χ1v) is 3.42. The summed E-state index contributed by atoms with van der Waals surface area (Å²) >= 11 is 0. The number of carbonyl (C=O) groups excluding carboxylic acids is 1. The van der Waals surface area contributed by atoms with Crippen LogP contribution in [0.4, 0.5) is 0 Å². The molecule has 0 amide bonds. The third-order valence-corrected chi connectivity index (χ3v) is 1.67. The summed E-state index contributed by atoms with van der Waals surface area (Å²) in [6.45, 7) is 0. The molecule has 0 saturated carbocycles. The van der Waals surface area contributed by atoms with Crippen molar-refractivity contribution in [3.63, 3.8) is 0 Å². The molecular formula is C8H5KN2O2. The summed E-state index contributed by atoms with van der Waals surface area (Å²) < 4.78 is 0. The number of carboxylic acid groups (broad SMARTS) is 1. The number of hydrogen-bond donors (Lipinski definition) is 1. The van der Waals surface area contributed by atoms with Gasteiger partial charge in [-0.3, -0.25) is 0 Å². The molecule has 60 valence electrons. The number of H-pyrrole nitrogens is 1. The van der Waals surface area contributed by atoms with Gasteiger partial charge < -0.3 is 14.9 Å². The minimum Gasteiger partial charge on any atom is -0.545 e. The smallest absolute Gasteiger partial charge is 0.545 e. The van der Waals surface area contributed by atoms with Gasteiger partial charge in [0.25, 0.3) is 0 Å². The van der Waals surface area contributed by atoms with Crippen LogP contribution in [0.5, 0.6) is 0 Å². The number of aromatic amines is 1. The number of nitrogens with zero attached hydrogens (tertiary/aromatic N) is 1. The Labute approximate surface area is 117 Å². The first-order chi connectivity index (χ1) is 5.79. The Morgan fingerprint density at radius 1 is 1.46 bits per heavy atom. The van der Waals surface area contributed by atoms with Crippen molar-refractivity contribution in [2.24, 2.45) is 0 Å². The molecule has 0 saturated heterocycles. The van der Waals surface area contributed by atoms with E-state index in [0.29, 0.717) is 11.0 Å². The Morgan fingerprint density at radius 3 is 2.92 bits per heavy atom. The average molecular weight is 200 g/mol. The summed E-state index contributed by atoms with van der Waals surface area (Å²) in [5.41, 5.74) is 1.29. The van der Waals surface area contributed by atoms with Crippen molar-refractivity contribution in [2.75, 3.05) is 0 Å². The van der Waals surface area contributed by atoms with Gasteiger partial charge in [-0.25, -0.2) is 4.98 Å². The maximum atomic E-state index is 10.6. The fraction of sp³-hybridized carbons (Fsp3) is 0. The molecule has 0 radical (unpaired) electrons. The van der Waals surface area contributed by atoms with E-state index >= 15 is 0 Å². The number of rotatable bonds is 1. The van der Waals surface area contributed by atoms with Crippen molar-refractivity contribution < 1.29 is 61.3 Å². The zero-order valence-electron chi connectivity index (χ0n) is 7.07. The maximum absolute atomic E-state index is 10.6. The molecule has 1 heterocycles. The fourth-order valence-corrected chi connectivity index (χ4v) is 1.14. The van der Waals surface area contributed by atoms with Gasteiger partial charge in [-0.05, 0) is 6.07 Å². The van der Waals surface area contributed by atoms with E-state index in [0.717, 1.165) is 0 Å². The Bertz CT molecular complexity index is 438. The molecule has 1 N–H and O–H groups in total. The van der Waals surface area contributed by atoms with Gasteiger partial charge in [0.05, 0.1) is 23.3 Å². The minimum absolute atomic E-state index is 0. The van der Waals surface area contributed by atoms with Crippen LogP contribution in [-0.4, -0.2) is 15.9 Å². The van der Waals surface area contributed by atoms with Gasteiger partial charge in [0.1, 0.15) is 0 Å². The largest absolute Gasteiger partial charge is 1.00 e. The van der Waals surface area contributed by atoms with E-state index in [-0.39, 0.29) is 56.9 Å². The van der Waals surface area contributed by atoms with Crippen molar-refractivity contribution >= 4 is 17.0 Å². The van der Waals surface area contributed by atoms with Crippen molar-refractivity contribution in [3.8, 4) is 0 Å². The van der Waals surface area contributed by atoms with Crippen LogP contribution < -0.4 is 56.5 Å². The number of aromatic nitrogens is 2. The number of benzene rings is 1. The second kappa shape index (κ2) is 4.34. The van der Waals surface area contributed by atoms with E-state index in [1.165, 1.54) is 12.4 Å². The summed E-state index contributed by atoms with van der Waals surface area (Å²) in [6.07, 6.45) is 1.46. The summed E-state index contributed by atoms with van der Waals surface area (Å²) in [5.74, 6) is -1.19. The second-order valence-corrected chi connectivity index (χ2v) is 2.39. The van der Waals surface area contributed by atoms with Crippen LogP contribution in [0.2, 0.25) is 0 Å². The Morgan fingerprint density at radius 2 is 2.23 bits per heavy atom. The maximum Gasteiger partial charge on any atom is 1.00 e. The molecule has 4 nitrogen and oxygen atoms in total. The number of para-hydroxylation sites is 1. The number of hydrogen-bond acceptors (Lipinski definition) is 3. The monoisotopic (exact) mass is 200 g/mol. The van der Waals surface area contributed by atoms with Crippen molar-refractivity contribution in [3.05, 3.63) is 30.1 Å². The van der Waals surface area contributed by atoms with Crippen molar-refractivity contribution in [1.29, 1.82) is 0 Å². The molecule has 0 fully saturated rings. The van der Waals surface area contributed by atoms with Crippen molar-refractivity contribution in [2.45, 2.75) is 0 Å². The Hall–Kier alpha value is -0.204. The molecular weight excluding hydrogens is 195 g/mol. The van der Waals surface area contributed by atoms with Gasteiger partial charge in [0, 0.05) is 5.56 Å². The van der Waals surface area contributed by atoms with Crippen LogP contribution in [-0.2, 0) is 0 Å². The number of fused-ring (bicyclic) bond motifs is 1. The molecule has 0 aliphatic heterocycles. The summed E-state index contributed by atoms with van der Waals surface area (Å²) in [6, 6.07) is 4.85. The molecule has 0 aliphatic carbocycles. The minimum atomic E-state index is -1.19. The molecule has 0 bridgehead atoms. The predicted molar refractivity (Wildman–Crippen MR) is 40.4 cm³/mol. The van der Waals surface area contributed by atoms with E-state index in [2.05, 4.69) is 9.97 Å².